The molecular weight excluding hydrogens is 278 g/mol. The normalized spacial score (nSPS) is 14.1. The lowest BCUT2D eigenvalue weighted by Crippen LogP contribution is -2.45. The van der Waals surface area contributed by atoms with Crippen molar-refractivity contribution in [1.29, 1.82) is 0 Å². The van der Waals surface area contributed by atoms with Crippen LogP contribution >= 0.6 is 11.3 Å². The topological polar surface area (TPSA) is 76.5 Å². The lowest BCUT2D eigenvalue weighted by molar-refractivity contribution is -0.173. The molecule has 1 heterocycles. The van der Waals surface area contributed by atoms with E-state index in [2.05, 4.69) is 4.98 Å². The van der Waals surface area contributed by atoms with Crippen LogP contribution in [0.15, 0.2) is 5.51 Å². The van der Waals surface area contributed by atoms with Crippen LogP contribution in [-0.4, -0.2) is 28.6 Å². The number of ether oxygens (including phenoxy) is 1. The van der Waals surface area contributed by atoms with Crippen LogP contribution in [0.1, 0.15) is 37.8 Å². The number of aromatic nitrogens is 1. The average molecular weight is 299 g/mol. The van der Waals surface area contributed by atoms with E-state index < -0.39 is 17.4 Å². The van der Waals surface area contributed by atoms with E-state index in [1.165, 1.54) is 11.3 Å². The van der Waals surface area contributed by atoms with Gasteiger partial charge in [0.05, 0.1) is 17.8 Å². The number of hydrogen-bond donors (Lipinski definition) is 1. The van der Waals surface area contributed by atoms with Crippen molar-refractivity contribution >= 4 is 23.3 Å². The van der Waals surface area contributed by atoms with Crippen LogP contribution in [0.3, 0.4) is 0 Å². The van der Waals surface area contributed by atoms with Gasteiger partial charge in [-0.3, -0.25) is 9.59 Å². The number of carbonyl (C=O) groups is 2. The number of hydrogen-bond acceptors (Lipinski definition) is 5. The third-order valence-corrected chi connectivity index (χ3v) is 4.59. The molecule has 0 aliphatic heterocycles. The summed E-state index contributed by atoms with van der Waals surface area (Å²) < 4.78 is 5.00. The highest BCUT2D eigenvalue weighted by Crippen LogP contribution is 2.36. The number of rotatable bonds is 7. The smallest absolute Gasteiger partial charge is 0.323 e. The van der Waals surface area contributed by atoms with Crippen molar-refractivity contribution in [2.45, 2.75) is 40.5 Å². The van der Waals surface area contributed by atoms with E-state index in [1.54, 1.807) is 26.3 Å². The molecule has 0 saturated heterocycles. The van der Waals surface area contributed by atoms with Crippen LogP contribution in [0.5, 0.6) is 0 Å². The molecule has 5 nitrogen and oxygen atoms in total. The molecule has 1 N–H and O–H groups in total. The summed E-state index contributed by atoms with van der Waals surface area (Å²) >= 11 is 1.48. The molecule has 1 aromatic heterocycles. The largest absolute Gasteiger partial charge is 0.480 e. The van der Waals surface area contributed by atoms with Crippen molar-refractivity contribution in [3.8, 4) is 0 Å². The van der Waals surface area contributed by atoms with Gasteiger partial charge in [0.15, 0.2) is 5.41 Å². The van der Waals surface area contributed by atoms with Gasteiger partial charge in [0.25, 0.3) is 0 Å². The number of nitrogens with zero attached hydrogens (tertiary/aromatic N) is 1. The maximum absolute atomic E-state index is 12.2. The third kappa shape index (κ3) is 3.17. The molecule has 0 spiro atoms. The average Bonchev–Trinajstić information content (AvgIpc) is 2.75. The predicted molar refractivity (Wildman–Crippen MR) is 76.7 cm³/mol. The fourth-order valence-electron chi connectivity index (χ4n) is 2.20. The van der Waals surface area contributed by atoms with Crippen LogP contribution < -0.4 is 0 Å². The zero-order chi connectivity index (χ0) is 15.3. The van der Waals surface area contributed by atoms with Gasteiger partial charge in [0.1, 0.15) is 0 Å². The Hall–Kier alpha value is -1.43. The van der Waals surface area contributed by atoms with Gasteiger partial charge in [-0.1, -0.05) is 13.8 Å². The molecule has 1 aromatic rings. The Morgan fingerprint density at radius 2 is 2.15 bits per heavy atom. The van der Waals surface area contributed by atoms with Crippen molar-refractivity contribution in [3.05, 3.63) is 16.1 Å². The second-order valence-electron chi connectivity index (χ2n) is 5.01. The van der Waals surface area contributed by atoms with E-state index in [0.717, 1.165) is 10.6 Å². The van der Waals surface area contributed by atoms with Crippen molar-refractivity contribution in [2.24, 2.45) is 11.3 Å². The molecule has 112 valence electrons. The number of carboxylic acids is 1. The number of aryl methyl sites for hydroxylation is 2. The first kappa shape index (κ1) is 16.6. The zero-order valence-corrected chi connectivity index (χ0v) is 13.1. The fourth-order valence-corrected chi connectivity index (χ4v) is 2.99. The number of thiazole rings is 1. The lowest BCUT2D eigenvalue weighted by Gasteiger charge is -2.30. The highest BCUT2D eigenvalue weighted by Gasteiger charge is 2.50. The molecule has 0 amide bonds. The molecule has 1 atom stereocenters. The second-order valence-corrected chi connectivity index (χ2v) is 5.95. The Bertz CT molecular complexity index is 483. The Morgan fingerprint density at radius 1 is 1.50 bits per heavy atom. The third-order valence-electron chi connectivity index (χ3n) is 3.60. The number of carbonyl (C=O) groups excluding carboxylic acids is 1. The lowest BCUT2D eigenvalue weighted by atomic mass is 9.73. The number of esters is 1. The van der Waals surface area contributed by atoms with Gasteiger partial charge in [-0.2, -0.15) is 0 Å². The Labute approximate surface area is 123 Å². The molecule has 0 radical (unpaired) electrons. The Kier molecular flexibility index (Phi) is 5.68. The van der Waals surface area contributed by atoms with Gasteiger partial charge in [-0.15, -0.1) is 11.3 Å². The van der Waals surface area contributed by atoms with Crippen LogP contribution in [-0.2, 0) is 20.7 Å². The summed E-state index contributed by atoms with van der Waals surface area (Å²) in [6.07, 6.45) is 0.738. The summed E-state index contributed by atoms with van der Waals surface area (Å²) in [5.41, 5.74) is 1.13. The van der Waals surface area contributed by atoms with E-state index in [9.17, 15) is 14.7 Å². The molecule has 0 aliphatic rings. The van der Waals surface area contributed by atoms with Gasteiger partial charge < -0.3 is 9.84 Å². The number of carboxylic acid groups (broad SMARTS) is 1. The molecule has 0 aliphatic carbocycles. The molecule has 6 heteroatoms. The van der Waals surface area contributed by atoms with Crippen molar-refractivity contribution < 1.29 is 19.4 Å². The molecule has 0 aromatic carbocycles. The first-order valence-corrected chi connectivity index (χ1v) is 7.53. The van der Waals surface area contributed by atoms with E-state index in [1.807, 2.05) is 6.92 Å². The molecule has 0 bridgehead atoms. The van der Waals surface area contributed by atoms with Gasteiger partial charge in [0.2, 0.25) is 0 Å². The Morgan fingerprint density at radius 3 is 2.55 bits per heavy atom. The summed E-state index contributed by atoms with van der Waals surface area (Å²) in [5, 5.41) is 9.58. The van der Waals surface area contributed by atoms with Crippen LogP contribution in [0.2, 0.25) is 0 Å². The summed E-state index contributed by atoms with van der Waals surface area (Å²) in [5.74, 6) is -2.11. The summed E-state index contributed by atoms with van der Waals surface area (Å²) in [4.78, 5) is 29.0. The Balaban J connectivity index is 3.01. The van der Waals surface area contributed by atoms with Crippen LogP contribution in [0.25, 0.3) is 0 Å². The second kappa shape index (κ2) is 6.83. The molecular formula is C14H21NO4S. The molecule has 1 unspecified atom stereocenters. The molecule has 0 saturated carbocycles. The van der Waals surface area contributed by atoms with Crippen LogP contribution in [0.4, 0.5) is 0 Å². The van der Waals surface area contributed by atoms with Crippen molar-refractivity contribution in [3.63, 3.8) is 0 Å². The fraction of sp³-hybridized carbons (Fsp3) is 0.643. The monoisotopic (exact) mass is 299 g/mol. The van der Waals surface area contributed by atoms with Crippen LogP contribution in [0, 0.1) is 18.3 Å². The van der Waals surface area contributed by atoms with Gasteiger partial charge in [-0.05, 0) is 32.6 Å². The van der Waals surface area contributed by atoms with Gasteiger partial charge in [-0.25, -0.2) is 4.98 Å². The first-order valence-electron chi connectivity index (χ1n) is 6.65. The SMILES string of the molecule is CCOC(=O)C(CCc1scnc1C)(C(=O)O)C(C)C. The summed E-state index contributed by atoms with van der Waals surface area (Å²) in [7, 11) is 0. The van der Waals surface area contributed by atoms with Gasteiger partial charge in [0, 0.05) is 4.88 Å². The summed E-state index contributed by atoms with van der Waals surface area (Å²) in [6, 6.07) is 0. The maximum atomic E-state index is 12.2. The highest BCUT2D eigenvalue weighted by molar-refractivity contribution is 7.09. The van der Waals surface area contributed by atoms with Gasteiger partial charge >= 0.3 is 11.9 Å². The summed E-state index contributed by atoms with van der Waals surface area (Å²) in [6.45, 7) is 7.22. The van der Waals surface area contributed by atoms with E-state index >= 15 is 0 Å². The molecule has 1 rings (SSSR count). The minimum Gasteiger partial charge on any atom is -0.480 e. The number of aliphatic carboxylic acids is 1. The predicted octanol–water partition coefficient (Wildman–Crippen LogP) is 2.67. The quantitative estimate of drug-likeness (QED) is 0.618. The van der Waals surface area contributed by atoms with Crippen molar-refractivity contribution in [1.82, 2.24) is 4.98 Å². The minimum absolute atomic E-state index is 0.181. The van der Waals surface area contributed by atoms with Crippen molar-refractivity contribution in [2.75, 3.05) is 6.61 Å². The highest BCUT2D eigenvalue weighted by atomic mass is 32.1. The van der Waals surface area contributed by atoms with E-state index in [0.29, 0.717) is 6.42 Å². The zero-order valence-electron chi connectivity index (χ0n) is 12.3. The molecule has 20 heavy (non-hydrogen) atoms. The first-order chi connectivity index (χ1) is 9.36. The molecule has 0 fully saturated rings. The minimum atomic E-state index is -1.49. The van der Waals surface area contributed by atoms with E-state index in [4.69, 9.17) is 4.74 Å². The standard InChI is InChI=1S/C14H21NO4S/c1-5-19-13(18)14(9(2)3,12(16)17)7-6-11-10(4)15-8-20-11/h8-9H,5-7H2,1-4H3,(H,16,17). The van der Waals surface area contributed by atoms with E-state index in [-0.39, 0.29) is 18.9 Å². The maximum Gasteiger partial charge on any atom is 0.323 e.